The molecule has 0 spiro atoms. The van der Waals surface area contributed by atoms with Crippen molar-refractivity contribution in [1.29, 1.82) is 0 Å². The van der Waals surface area contributed by atoms with Gasteiger partial charge in [-0.3, -0.25) is 0 Å². The molecule has 13 aromatic carbocycles. The molecule has 0 saturated heterocycles. The summed E-state index contributed by atoms with van der Waals surface area (Å²) < 4.78 is 2.40. The summed E-state index contributed by atoms with van der Waals surface area (Å²) in [6.07, 6.45) is 0. The van der Waals surface area contributed by atoms with Gasteiger partial charge in [0.1, 0.15) is 0 Å². The molecule has 15 rings (SSSR count). The smallest absolute Gasteiger partial charge is 0.0725 e. The monoisotopic (exact) mass is 885 g/mol. The van der Waals surface area contributed by atoms with Crippen LogP contribution in [-0.2, 0) is 5.41 Å². The summed E-state index contributed by atoms with van der Waals surface area (Å²) in [6, 6.07) is 97.5. The lowest BCUT2D eigenvalue weighted by Gasteiger charge is -2.35. The molecule has 0 bridgehead atoms. The van der Waals surface area contributed by atoms with Crippen LogP contribution in [-0.4, -0.2) is 4.57 Å². The van der Waals surface area contributed by atoms with Crippen molar-refractivity contribution in [2.24, 2.45) is 0 Å². The first-order valence-corrected chi connectivity index (χ1v) is 24.4. The minimum Gasteiger partial charge on any atom is -0.309 e. The molecule has 1 aliphatic rings. The van der Waals surface area contributed by atoms with Crippen molar-refractivity contribution in [3.63, 3.8) is 0 Å². The van der Waals surface area contributed by atoms with Crippen molar-refractivity contribution < 1.29 is 0 Å². The predicted octanol–water partition coefficient (Wildman–Crippen LogP) is 18.2. The molecule has 0 saturated carbocycles. The van der Waals surface area contributed by atoms with Gasteiger partial charge in [0, 0.05) is 16.5 Å². The molecule has 0 fully saturated rings. The number of rotatable bonds is 5. The number of hydrogen-bond acceptors (Lipinski definition) is 0. The summed E-state index contributed by atoms with van der Waals surface area (Å²) in [5.74, 6) is 0. The average molecular weight is 886 g/mol. The third-order valence-corrected chi connectivity index (χ3v) is 15.6. The van der Waals surface area contributed by atoms with E-state index in [-0.39, 0.29) is 0 Å². The van der Waals surface area contributed by atoms with E-state index < -0.39 is 5.41 Å². The van der Waals surface area contributed by atoms with Crippen LogP contribution in [0.3, 0.4) is 0 Å². The van der Waals surface area contributed by atoms with E-state index in [1.807, 2.05) is 0 Å². The lowest BCUT2D eigenvalue weighted by atomic mass is 9.65. The van der Waals surface area contributed by atoms with Gasteiger partial charge in [-0.25, -0.2) is 0 Å². The highest BCUT2D eigenvalue weighted by Crippen LogP contribution is 2.62. The standard InChI is InChI=1S/C69H43N/c1-4-20-47(21-5-1)69(48-22-6-2-7-23-48)67-50-39-37-45(42-44(50)36-40-60(67)66-54-29-12-10-26-51(54)52-27-11-17-34-59(52)68(66)69)64-55-30-13-15-32-57(55)65(58-33-16-14-31-56(58)64)46-38-41-63-61(43-46)53-28-18-19-35-62(53)70(63)49-24-8-3-9-25-49/h1-43H. The van der Waals surface area contributed by atoms with Crippen molar-refractivity contribution >= 4 is 75.7 Å². The lowest BCUT2D eigenvalue weighted by molar-refractivity contribution is 0.783. The Morgan fingerprint density at radius 2 is 0.700 bits per heavy atom. The summed E-state index contributed by atoms with van der Waals surface area (Å²) in [5.41, 5.74) is 15.8. The molecule has 0 amide bonds. The zero-order valence-electron chi connectivity index (χ0n) is 38.3. The number of fused-ring (bicyclic) bond motifs is 15. The molecule has 70 heavy (non-hydrogen) atoms. The zero-order valence-corrected chi connectivity index (χ0v) is 38.3. The highest BCUT2D eigenvalue weighted by atomic mass is 15.0. The molecule has 324 valence electrons. The molecule has 0 unspecified atom stereocenters. The van der Waals surface area contributed by atoms with E-state index in [1.165, 1.54) is 137 Å². The molecule has 0 N–H and O–H groups in total. The van der Waals surface area contributed by atoms with Crippen LogP contribution in [0.15, 0.2) is 261 Å². The summed E-state index contributed by atoms with van der Waals surface area (Å²) in [6.45, 7) is 0. The molecule has 1 aromatic heterocycles. The van der Waals surface area contributed by atoms with Gasteiger partial charge in [0.2, 0.25) is 0 Å². The van der Waals surface area contributed by atoms with E-state index >= 15 is 0 Å². The first-order chi connectivity index (χ1) is 34.8. The molecule has 1 heteroatoms. The fraction of sp³-hybridized carbons (Fsp3) is 0.0145. The topological polar surface area (TPSA) is 4.93 Å². The Bertz CT molecular complexity index is 4350. The SMILES string of the molecule is c1ccc(-n2c3ccccc3c3cc(-c4c5ccccc5c(-c5ccc6c7c(ccc6c5)-c5c(c6ccccc6c6ccccc56)C7(c5ccccc5)c5ccccc5)c5ccccc45)ccc32)cc1. The Kier molecular flexibility index (Phi) is 8.35. The normalized spacial score (nSPS) is 13.0. The molecule has 14 aromatic rings. The van der Waals surface area contributed by atoms with Gasteiger partial charge in [0.15, 0.2) is 0 Å². The van der Waals surface area contributed by atoms with Crippen LogP contribution in [0.5, 0.6) is 0 Å². The molecule has 1 nitrogen and oxygen atoms in total. The van der Waals surface area contributed by atoms with Crippen LogP contribution in [0.25, 0.3) is 115 Å². The van der Waals surface area contributed by atoms with Crippen molar-refractivity contribution in [3.05, 3.63) is 283 Å². The van der Waals surface area contributed by atoms with Gasteiger partial charge in [-0.05, 0) is 146 Å². The van der Waals surface area contributed by atoms with Gasteiger partial charge in [0.05, 0.1) is 16.4 Å². The fourth-order valence-electron chi connectivity index (χ4n) is 12.9. The third-order valence-electron chi connectivity index (χ3n) is 15.6. The second-order valence-electron chi connectivity index (χ2n) is 19.0. The van der Waals surface area contributed by atoms with E-state index in [2.05, 4.69) is 265 Å². The average Bonchev–Trinajstić information content (AvgIpc) is 3.95. The highest BCUT2D eigenvalue weighted by Gasteiger charge is 2.49. The van der Waals surface area contributed by atoms with Crippen molar-refractivity contribution in [1.82, 2.24) is 4.57 Å². The van der Waals surface area contributed by atoms with Crippen LogP contribution in [0, 0.1) is 0 Å². The first kappa shape index (κ1) is 39.0. The Hall–Kier alpha value is -9.04. The summed E-state index contributed by atoms with van der Waals surface area (Å²) in [7, 11) is 0. The molecule has 1 aliphatic carbocycles. The van der Waals surface area contributed by atoms with Crippen LogP contribution in [0.1, 0.15) is 22.3 Å². The van der Waals surface area contributed by atoms with Gasteiger partial charge in [-0.1, -0.05) is 224 Å². The minimum absolute atomic E-state index is 0.590. The second-order valence-corrected chi connectivity index (χ2v) is 19.0. The Labute approximate surface area is 405 Å². The number of nitrogens with zero attached hydrogens (tertiary/aromatic N) is 1. The first-order valence-electron chi connectivity index (χ1n) is 24.4. The molecule has 0 aliphatic heterocycles. The summed E-state index contributed by atoms with van der Waals surface area (Å²) >= 11 is 0. The Balaban J connectivity index is 0.995. The van der Waals surface area contributed by atoms with Gasteiger partial charge in [0.25, 0.3) is 0 Å². The number of hydrogen-bond donors (Lipinski definition) is 0. The van der Waals surface area contributed by atoms with Crippen molar-refractivity contribution in [3.8, 4) is 39.1 Å². The minimum atomic E-state index is -0.590. The van der Waals surface area contributed by atoms with Gasteiger partial charge < -0.3 is 4.57 Å². The molecule has 0 radical (unpaired) electrons. The van der Waals surface area contributed by atoms with Crippen LogP contribution < -0.4 is 0 Å². The van der Waals surface area contributed by atoms with Crippen LogP contribution >= 0.6 is 0 Å². The van der Waals surface area contributed by atoms with Crippen LogP contribution in [0.4, 0.5) is 0 Å². The number of benzene rings is 13. The van der Waals surface area contributed by atoms with Crippen LogP contribution in [0.2, 0.25) is 0 Å². The van der Waals surface area contributed by atoms with Gasteiger partial charge >= 0.3 is 0 Å². The quantitative estimate of drug-likeness (QED) is 0.120. The van der Waals surface area contributed by atoms with Gasteiger partial charge in [-0.15, -0.1) is 0 Å². The maximum Gasteiger partial charge on any atom is 0.0725 e. The zero-order chi connectivity index (χ0) is 45.9. The highest BCUT2D eigenvalue weighted by molar-refractivity contribution is 6.24. The number of aromatic nitrogens is 1. The Morgan fingerprint density at radius 1 is 0.257 bits per heavy atom. The van der Waals surface area contributed by atoms with E-state index in [9.17, 15) is 0 Å². The third kappa shape index (κ3) is 5.32. The summed E-state index contributed by atoms with van der Waals surface area (Å²) in [5, 5.41) is 15.2. The largest absolute Gasteiger partial charge is 0.309 e. The van der Waals surface area contributed by atoms with Crippen molar-refractivity contribution in [2.45, 2.75) is 5.41 Å². The van der Waals surface area contributed by atoms with E-state index in [0.29, 0.717) is 0 Å². The van der Waals surface area contributed by atoms with E-state index in [1.54, 1.807) is 0 Å². The second kappa shape index (κ2) is 15.0. The van der Waals surface area contributed by atoms with Crippen molar-refractivity contribution in [2.75, 3.05) is 0 Å². The molecule has 0 atom stereocenters. The fourth-order valence-corrected chi connectivity index (χ4v) is 12.9. The summed E-state index contributed by atoms with van der Waals surface area (Å²) in [4.78, 5) is 0. The predicted molar refractivity (Wildman–Crippen MR) is 296 cm³/mol. The molecule has 1 heterocycles. The number of para-hydroxylation sites is 2. The Morgan fingerprint density at radius 3 is 1.30 bits per heavy atom. The molecular formula is C69H43N. The maximum atomic E-state index is 2.47. The molecular weight excluding hydrogens is 843 g/mol. The van der Waals surface area contributed by atoms with Gasteiger partial charge in [-0.2, -0.15) is 0 Å². The van der Waals surface area contributed by atoms with E-state index in [0.717, 1.165) is 0 Å². The lowest BCUT2D eigenvalue weighted by Crippen LogP contribution is -2.29. The maximum absolute atomic E-state index is 2.47. The van der Waals surface area contributed by atoms with E-state index in [4.69, 9.17) is 0 Å².